The number of carbonyl (C=O) groups excluding carboxylic acids is 1. The summed E-state index contributed by atoms with van der Waals surface area (Å²) in [5.74, 6) is 1.07. The lowest BCUT2D eigenvalue weighted by Gasteiger charge is -2.26. The van der Waals surface area contributed by atoms with Gasteiger partial charge in [-0.1, -0.05) is 25.9 Å². The van der Waals surface area contributed by atoms with Crippen LogP contribution >= 0.6 is 0 Å². The van der Waals surface area contributed by atoms with Crippen LogP contribution in [0.2, 0.25) is 0 Å². The smallest absolute Gasteiger partial charge is 0.318 e. The Balaban J connectivity index is 1.68. The van der Waals surface area contributed by atoms with Crippen molar-refractivity contribution >= 4 is 6.03 Å². The highest BCUT2D eigenvalue weighted by Crippen LogP contribution is 2.31. The van der Waals surface area contributed by atoms with Crippen LogP contribution in [-0.4, -0.2) is 32.6 Å². The largest absolute Gasteiger partial charge is 0.337 e. The van der Waals surface area contributed by atoms with Gasteiger partial charge in [-0.3, -0.25) is 4.98 Å². The molecule has 0 aromatic carbocycles. The predicted molar refractivity (Wildman–Crippen MR) is 92.9 cm³/mol. The Labute approximate surface area is 147 Å². The van der Waals surface area contributed by atoms with Crippen molar-refractivity contribution < 1.29 is 9.32 Å². The Bertz CT molecular complexity index is 723. The standard InChI is InChI=1S/C18H25N5O2/c1-12(15-21-16(22-25-15)18(2,3)4)20-17(24)23-11-5-6-14(23)13-7-9-19-10-8-13/h7-10,12,14H,5-6,11H2,1-4H3,(H,20,24)/t12-,14-/m1/s1. The van der Waals surface area contributed by atoms with E-state index in [9.17, 15) is 4.79 Å². The summed E-state index contributed by atoms with van der Waals surface area (Å²) < 4.78 is 5.33. The number of rotatable bonds is 3. The van der Waals surface area contributed by atoms with E-state index < -0.39 is 0 Å². The number of nitrogens with one attached hydrogen (secondary N) is 1. The molecule has 1 aliphatic heterocycles. The number of urea groups is 1. The lowest BCUT2D eigenvalue weighted by molar-refractivity contribution is 0.187. The highest BCUT2D eigenvalue weighted by Gasteiger charge is 2.31. The molecule has 0 unspecified atom stereocenters. The quantitative estimate of drug-likeness (QED) is 0.923. The second-order valence-electron chi connectivity index (χ2n) is 7.51. The number of carbonyl (C=O) groups is 1. The lowest BCUT2D eigenvalue weighted by atomic mass is 9.96. The first kappa shape index (κ1) is 17.4. The second-order valence-corrected chi connectivity index (χ2v) is 7.51. The van der Waals surface area contributed by atoms with Crippen LogP contribution in [0.4, 0.5) is 4.79 Å². The molecule has 0 aliphatic carbocycles. The zero-order chi connectivity index (χ0) is 18.0. The molecule has 25 heavy (non-hydrogen) atoms. The van der Waals surface area contributed by atoms with Crippen molar-refractivity contribution in [2.75, 3.05) is 6.54 Å². The van der Waals surface area contributed by atoms with Gasteiger partial charge in [0.25, 0.3) is 0 Å². The van der Waals surface area contributed by atoms with Gasteiger partial charge in [0.1, 0.15) is 6.04 Å². The molecule has 2 atom stereocenters. The summed E-state index contributed by atoms with van der Waals surface area (Å²) in [5, 5.41) is 7.00. The molecule has 0 saturated carbocycles. The Morgan fingerprint density at radius 3 is 2.72 bits per heavy atom. The topological polar surface area (TPSA) is 84.2 Å². The molecule has 2 aromatic rings. The van der Waals surface area contributed by atoms with Crippen molar-refractivity contribution in [1.29, 1.82) is 0 Å². The van der Waals surface area contributed by atoms with E-state index in [-0.39, 0.29) is 23.5 Å². The van der Waals surface area contributed by atoms with Crippen molar-refractivity contribution in [3.8, 4) is 0 Å². The van der Waals surface area contributed by atoms with Crippen LogP contribution in [0, 0.1) is 0 Å². The van der Waals surface area contributed by atoms with E-state index >= 15 is 0 Å². The molecule has 1 N–H and O–H groups in total. The third-order valence-electron chi connectivity index (χ3n) is 4.43. The van der Waals surface area contributed by atoms with Crippen molar-refractivity contribution in [1.82, 2.24) is 25.3 Å². The van der Waals surface area contributed by atoms with Crippen molar-refractivity contribution in [2.24, 2.45) is 0 Å². The lowest BCUT2D eigenvalue weighted by Crippen LogP contribution is -2.40. The fraction of sp³-hybridized carbons (Fsp3) is 0.556. The number of pyridine rings is 1. The van der Waals surface area contributed by atoms with Crippen LogP contribution in [-0.2, 0) is 5.41 Å². The van der Waals surface area contributed by atoms with Gasteiger partial charge in [-0.15, -0.1) is 0 Å². The van der Waals surface area contributed by atoms with E-state index in [4.69, 9.17) is 4.52 Å². The summed E-state index contributed by atoms with van der Waals surface area (Å²) in [6.07, 6.45) is 5.47. The van der Waals surface area contributed by atoms with Crippen LogP contribution in [0.15, 0.2) is 29.0 Å². The Hall–Kier alpha value is -2.44. The van der Waals surface area contributed by atoms with E-state index in [1.165, 1.54) is 0 Å². The molecule has 7 nitrogen and oxygen atoms in total. The number of hydrogen-bond donors (Lipinski definition) is 1. The van der Waals surface area contributed by atoms with E-state index in [2.05, 4.69) is 20.4 Å². The third kappa shape index (κ3) is 3.81. The van der Waals surface area contributed by atoms with E-state index in [0.717, 1.165) is 24.9 Å². The molecule has 134 valence electrons. The van der Waals surface area contributed by atoms with Crippen molar-refractivity contribution in [2.45, 2.75) is 58.0 Å². The summed E-state index contributed by atoms with van der Waals surface area (Å²) in [5.41, 5.74) is 0.926. The van der Waals surface area contributed by atoms with Crippen molar-refractivity contribution in [3.05, 3.63) is 41.8 Å². The molecule has 2 aromatic heterocycles. The molecule has 1 aliphatic rings. The second kappa shape index (κ2) is 6.82. The third-order valence-corrected chi connectivity index (χ3v) is 4.43. The van der Waals surface area contributed by atoms with Crippen LogP contribution in [0.5, 0.6) is 0 Å². The highest BCUT2D eigenvalue weighted by molar-refractivity contribution is 5.75. The average Bonchev–Trinajstić information content (AvgIpc) is 3.24. The van der Waals surface area contributed by atoms with E-state index in [1.54, 1.807) is 12.4 Å². The molecule has 0 spiro atoms. The summed E-state index contributed by atoms with van der Waals surface area (Å²) in [4.78, 5) is 23.1. The number of nitrogens with zero attached hydrogens (tertiary/aromatic N) is 4. The number of likely N-dealkylation sites (tertiary alicyclic amines) is 1. The maximum absolute atomic E-state index is 12.7. The number of hydrogen-bond acceptors (Lipinski definition) is 5. The van der Waals surface area contributed by atoms with Gasteiger partial charge in [-0.05, 0) is 37.5 Å². The molecule has 1 saturated heterocycles. The van der Waals surface area contributed by atoms with Gasteiger partial charge in [0.2, 0.25) is 5.89 Å². The van der Waals surface area contributed by atoms with Crippen LogP contribution in [0.1, 0.15) is 69.9 Å². The number of aromatic nitrogens is 3. The zero-order valence-corrected chi connectivity index (χ0v) is 15.2. The minimum absolute atomic E-state index is 0.0861. The molecule has 0 radical (unpaired) electrons. The molecule has 1 fully saturated rings. The van der Waals surface area contributed by atoms with Gasteiger partial charge in [0.05, 0.1) is 6.04 Å². The SMILES string of the molecule is C[C@@H](NC(=O)N1CCC[C@@H]1c1ccncc1)c1nc(C(C)(C)C)no1. The van der Waals surface area contributed by atoms with Gasteiger partial charge in [-0.2, -0.15) is 4.98 Å². The maximum Gasteiger partial charge on any atom is 0.318 e. The normalized spacial score (nSPS) is 19.0. The van der Waals surface area contributed by atoms with Gasteiger partial charge in [-0.25, -0.2) is 4.79 Å². The van der Waals surface area contributed by atoms with Crippen molar-refractivity contribution in [3.63, 3.8) is 0 Å². The highest BCUT2D eigenvalue weighted by atomic mass is 16.5. The molecule has 7 heteroatoms. The number of amides is 2. The Kier molecular flexibility index (Phi) is 4.74. The average molecular weight is 343 g/mol. The van der Waals surface area contributed by atoms with Gasteiger partial charge in [0.15, 0.2) is 5.82 Å². The maximum atomic E-state index is 12.7. The fourth-order valence-electron chi connectivity index (χ4n) is 2.99. The zero-order valence-electron chi connectivity index (χ0n) is 15.2. The minimum Gasteiger partial charge on any atom is -0.337 e. The van der Waals surface area contributed by atoms with Crippen LogP contribution in [0.25, 0.3) is 0 Å². The first-order valence-corrected chi connectivity index (χ1v) is 8.67. The van der Waals surface area contributed by atoms with Gasteiger partial charge < -0.3 is 14.7 Å². The first-order valence-electron chi connectivity index (χ1n) is 8.67. The summed E-state index contributed by atoms with van der Waals surface area (Å²) in [7, 11) is 0. The molecule has 3 heterocycles. The monoisotopic (exact) mass is 343 g/mol. The molecule has 2 amide bonds. The molecular weight excluding hydrogens is 318 g/mol. The van der Waals surface area contributed by atoms with Gasteiger partial charge >= 0.3 is 6.03 Å². The summed E-state index contributed by atoms with van der Waals surface area (Å²) in [6.45, 7) is 8.66. The predicted octanol–water partition coefficient (Wildman–Crippen LogP) is 3.37. The van der Waals surface area contributed by atoms with Crippen LogP contribution < -0.4 is 5.32 Å². The molecular formula is C18H25N5O2. The van der Waals surface area contributed by atoms with Gasteiger partial charge in [0, 0.05) is 24.4 Å². The van der Waals surface area contributed by atoms with Crippen LogP contribution in [0.3, 0.4) is 0 Å². The molecule has 0 bridgehead atoms. The first-order chi connectivity index (χ1) is 11.9. The summed E-state index contributed by atoms with van der Waals surface area (Å²) in [6, 6.07) is 3.57. The van der Waals surface area contributed by atoms with E-state index in [0.29, 0.717) is 11.7 Å². The Morgan fingerprint density at radius 1 is 1.36 bits per heavy atom. The molecule has 3 rings (SSSR count). The fourth-order valence-corrected chi connectivity index (χ4v) is 2.99. The van der Waals surface area contributed by atoms with E-state index in [1.807, 2.05) is 44.7 Å². The summed E-state index contributed by atoms with van der Waals surface area (Å²) >= 11 is 0. The minimum atomic E-state index is -0.338. The Morgan fingerprint density at radius 2 is 2.08 bits per heavy atom.